The minimum atomic E-state index is -1.12. The second-order valence-electron chi connectivity index (χ2n) is 2.72. The predicted molar refractivity (Wildman–Crippen MR) is 51.8 cm³/mol. The third-order valence-electron chi connectivity index (χ3n) is 1.64. The number of nitriles is 1. The van der Waals surface area contributed by atoms with Gasteiger partial charge < -0.3 is 5.11 Å². The summed E-state index contributed by atoms with van der Waals surface area (Å²) in [5.74, 6) is 2.63. The molecule has 80 valence electrons. The summed E-state index contributed by atoms with van der Waals surface area (Å²) in [6, 6.07) is 3.57. The molecular weight excluding hydrogens is 215 g/mol. The van der Waals surface area contributed by atoms with Crippen molar-refractivity contribution < 1.29 is 14.4 Å². The Labute approximate surface area is 89.9 Å². The Kier molecular flexibility index (Phi) is 3.41. The number of rotatable bonds is 1. The van der Waals surface area contributed by atoms with E-state index in [1.165, 1.54) is 0 Å². The van der Waals surface area contributed by atoms with Gasteiger partial charge in [-0.3, -0.25) is 10.1 Å². The van der Waals surface area contributed by atoms with Crippen molar-refractivity contribution in [1.29, 1.82) is 5.26 Å². The molecule has 0 spiro atoms. The van der Waals surface area contributed by atoms with Crippen molar-refractivity contribution in [2.24, 2.45) is 0 Å². The van der Waals surface area contributed by atoms with E-state index >= 15 is 0 Å². The van der Waals surface area contributed by atoms with Crippen LogP contribution in [0.3, 0.4) is 0 Å². The maximum atomic E-state index is 13.0. The monoisotopic (exact) mass is 220 g/mol. The van der Waals surface area contributed by atoms with E-state index in [9.17, 15) is 14.5 Å². The molecule has 5 nitrogen and oxygen atoms in total. The van der Waals surface area contributed by atoms with Gasteiger partial charge in [0.15, 0.2) is 5.82 Å². The molecule has 0 saturated heterocycles. The van der Waals surface area contributed by atoms with Crippen molar-refractivity contribution in [2.75, 3.05) is 0 Å². The van der Waals surface area contributed by atoms with Gasteiger partial charge in [-0.05, 0) is 6.07 Å². The van der Waals surface area contributed by atoms with E-state index in [1.54, 1.807) is 6.07 Å². The maximum Gasteiger partial charge on any atom is 0.315 e. The molecule has 0 fully saturated rings. The average molecular weight is 220 g/mol. The molecule has 0 atom stereocenters. The number of hydrogen-bond acceptors (Lipinski definition) is 4. The number of benzene rings is 1. The molecule has 1 aromatic rings. The molecule has 0 bridgehead atoms. The Hall–Kier alpha value is -2.60. The molecule has 6 heteroatoms. The van der Waals surface area contributed by atoms with Crippen LogP contribution >= 0.6 is 0 Å². The highest BCUT2D eigenvalue weighted by Crippen LogP contribution is 2.29. The highest BCUT2D eigenvalue weighted by Gasteiger charge is 2.18. The number of nitro groups is 1. The standard InChI is InChI=1S/C10H5FN2O3/c11-8-5-7(3-1-2-4-12)6-9(10(8)14)13(15)16/h5-6,14H,2H2. The molecule has 1 N–H and O–H groups in total. The molecular formula is C10H5FN2O3. The number of phenols is 1. The molecule has 0 radical (unpaired) electrons. The summed E-state index contributed by atoms with van der Waals surface area (Å²) in [6.07, 6.45) is -0.0592. The molecule has 0 saturated carbocycles. The Morgan fingerprint density at radius 2 is 2.25 bits per heavy atom. The lowest BCUT2D eigenvalue weighted by atomic mass is 10.2. The van der Waals surface area contributed by atoms with Crippen LogP contribution in [0.4, 0.5) is 10.1 Å². The van der Waals surface area contributed by atoms with E-state index in [-0.39, 0.29) is 12.0 Å². The van der Waals surface area contributed by atoms with Gasteiger partial charge in [0.25, 0.3) is 0 Å². The van der Waals surface area contributed by atoms with Crippen LogP contribution in [0.15, 0.2) is 12.1 Å². The minimum absolute atomic E-state index is 0.0391. The van der Waals surface area contributed by atoms with Crippen molar-refractivity contribution in [2.45, 2.75) is 6.42 Å². The van der Waals surface area contributed by atoms with Gasteiger partial charge in [-0.1, -0.05) is 11.8 Å². The second kappa shape index (κ2) is 4.76. The second-order valence-corrected chi connectivity index (χ2v) is 2.72. The van der Waals surface area contributed by atoms with Gasteiger partial charge >= 0.3 is 5.69 Å². The molecule has 1 rings (SSSR count). The first-order chi connectivity index (χ1) is 7.56. The van der Waals surface area contributed by atoms with Gasteiger partial charge in [0.1, 0.15) is 0 Å². The molecule has 0 aliphatic heterocycles. The Morgan fingerprint density at radius 1 is 1.56 bits per heavy atom. The first-order valence-electron chi connectivity index (χ1n) is 4.09. The molecule has 0 amide bonds. The van der Waals surface area contributed by atoms with Crippen LogP contribution in [-0.2, 0) is 0 Å². The van der Waals surface area contributed by atoms with E-state index < -0.39 is 22.2 Å². The summed E-state index contributed by atoms with van der Waals surface area (Å²) >= 11 is 0. The molecule has 1 aromatic carbocycles. The number of nitro benzene ring substituents is 1. The van der Waals surface area contributed by atoms with Crippen LogP contribution < -0.4 is 0 Å². The predicted octanol–water partition coefficient (Wildman–Crippen LogP) is 1.70. The quantitative estimate of drug-likeness (QED) is 0.443. The van der Waals surface area contributed by atoms with Crippen LogP contribution in [0.5, 0.6) is 5.75 Å². The van der Waals surface area contributed by atoms with Crippen LogP contribution in [0, 0.1) is 39.1 Å². The zero-order chi connectivity index (χ0) is 12.1. The van der Waals surface area contributed by atoms with Crippen molar-refractivity contribution >= 4 is 5.69 Å². The summed E-state index contributed by atoms with van der Waals surface area (Å²) < 4.78 is 13.0. The van der Waals surface area contributed by atoms with Crippen molar-refractivity contribution in [1.82, 2.24) is 0 Å². The summed E-state index contributed by atoms with van der Waals surface area (Å²) in [4.78, 5) is 9.53. The van der Waals surface area contributed by atoms with Gasteiger partial charge in [0.05, 0.1) is 17.4 Å². The van der Waals surface area contributed by atoms with Crippen molar-refractivity contribution in [3.05, 3.63) is 33.6 Å². The van der Waals surface area contributed by atoms with Gasteiger partial charge in [0.2, 0.25) is 5.75 Å². The summed E-state index contributed by atoms with van der Waals surface area (Å²) in [5, 5.41) is 27.7. The highest BCUT2D eigenvalue weighted by atomic mass is 19.1. The SMILES string of the molecule is N#CCC#Cc1cc(F)c(O)c([N+](=O)[O-])c1. The summed E-state index contributed by atoms with van der Waals surface area (Å²) in [6.45, 7) is 0. The van der Waals surface area contributed by atoms with Gasteiger partial charge in [-0.2, -0.15) is 5.26 Å². The van der Waals surface area contributed by atoms with Gasteiger partial charge in [-0.15, -0.1) is 0 Å². The Morgan fingerprint density at radius 3 is 2.81 bits per heavy atom. The largest absolute Gasteiger partial charge is 0.500 e. The summed E-state index contributed by atoms with van der Waals surface area (Å²) in [5.41, 5.74) is -0.710. The number of aromatic hydroxyl groups is 1. The first kappa shape index (κ1) is 11.5. The number of phenolic OH excluding ortho intramolecular Hbond substituents is 1. The summed E-state index contributed by atoms with van der Waals surface area (Å²) in [7, 11) is 0. The Bertz CT molecular complexity index is 537. The van der Waals surface area contributed by atoms with Crippen molar-refractivity contribution in [3.8, 4) is 23.7 Å². The molecule has 0 aromatic heterocycles. The zero-order valence-corrected chi connectivity index (χ0v) is 7.90. The fourth-order valence-electron chi connectivity index (χ4n) is 0.982. The van der Waals surface area contributed by atoms with E-state index in [0.717, 1.165) is 12.1 Å². The molecule has 0 unspecified atom stereocenters. The van der Waals surface area contributed by atoms with Crippen LogP contribution in [0.1, 0.15) is 12.0 Å². The first-order valence-corrected chi connectivity index (χ1v) is 4.09. The number of halogens is 1. The third kappa shape index (κ3) is 2.46. The fourth-order valence-corrected chi connectivity index (χ4v) is 0.982. The lowest BCUT2D eigenvalue weighted by molar-refractivity contribution is -0.386. The van der Waals surface area contributed by atoms with Crippen LogP contribution in [0.25, 0.3) is 0 Å². The van der Waals surface area contributed by atoms with Gasteiger partial charge in [0, 0.05) is 11.6 Å². The zero-order valence-electron chi connectivity index (χ0n) is 7.90. The van der Waals surface area contributed by atoms with Crippen LogP contribution in [0.2, 0.25) is 0 Å². The number of hydrogen-bond donors (Lipinski definition) is 1. The average Bonchev–Trinajstić information content (AvgIpc) is 2.23. The van der Waals surface area contributed by atoms with E-state index in [2.05, 4.69) is 11.8 Å². The highest BCUT2D eigenvalue weighted by molar-refractivity contribution is 5.53. The topological polar surface area (TPSA) is 87.2 Å². The van der Waals surface area contributed by atoms with Crippen molar-refractivity contribution in [3.63, 3.8) is 0 Å². The minimum Gasteiger partial charge on any atom is -0.500 e. The van der Waals surface area contributed by atoms with E-state index in [4.69, 9.17) is 10.4 Å². The van der Waals surface area contributed by atoms with E-state index in [1.807, 2.05) is 0 Å². The molecule has 16 heavy (non-hydrogen) atoms. The smallest absolute Gasteiger partial charge is 0.315 e. The maximum absolute atomic E-state index is 13.0. The van der Waals surface area contributed by atoms with E-state index in [0.29, 0.717) is 0 Å². The number of nitrogens with zero attached hydrogens (tertiary/aromatic N) is 2. The lowest BCUT2D eigenvalue weighted by Crippen LogP contribution is -1.92. The molecule has 0 aliphatic rings. The molecule has 0 aliphatic carbocycles. The normalized spacial score (nSPS) is 8.75. The van der Waals surface area contributed by atoms with Crippen LogP contribution in [-0.4, -0.2) is 10.0 Å². The fraction of sp³-hybridized carbons (Fsp3) is 0.100. The molecule has 0 heterocycles. The third-order valence-corrected chi connectivity index (χ3v) is 1.64. The Balaban J connectivity index is 3.22. The van der Waals surface area contributed by atoms with Gasteiger partial charge in [-0.25, -0.2) is 4.39 Å². The lowest BCUT2D eigenvalue weighted by Gasteiger charge is -1.98.